The van der Waals surface area contributed by atoms with Crippen LogP contribution in [-0.4, -0.2) is 46.9 Å². The first kappa shape index (κ1) is 14.8. The standard InChI is InChI=1S/C14H22N2O4/c17-12(18)5-1-2-8-15-13(19)11-4-3-9-16(11)14(20)10-6-7-10/h10-11H,1-9H2,(H,15,19)(H,17,18). The van der Waals surface area contributed by atoms with Gasteiger partial charge >= 0.3 is 5.97 Å². The van der Waals surface area contributed by atoms with Crippen molar-refractivity contribution in [3.8, 4) is 0 Å². The molecule has 0 bridgehead atoms. The Morgan fingerprint density at radius 2 is 1.90 bits per heavy atom. The molecule has 2 rings (SSSR count). The summed E-state index contributed by atoms with van der Waals surface area (Å²) >= 11 is 0. The largest absolute Gasteiger partial charge is 0.481 e. The van der Waals surface area contributed by atoms with Gasteiger partial charge in [-0.1, -0.05) is 0 Å². The van der Waals surface area contributed by atoms with Crippen molar-refractivity contribution in [1.29, 1.82) is 0 Å². The Bertz CT molecular complexity index is 393. The van der Waals surface area contributed by atoms with Gasteiger partial charge in [0.25, 0.3) is 0 Å². The zero-order valence-corrected chi connectivity index (χ0v) is 11.6. The normalized spacial score (nSPS) is 21.8. The average molecular weight is 282 g/mol. The number of hydrogen-bond acceptors (Lipinski definition) is 3. The zero-order chi connectivity index (χ0) is 14.5. The van der Waals surface area contributed by atoms with Gasteiger partial charge in [-0.2, -0.15) is 0 Å². The molecule has 0 radical (unpaired) electrons. The van der Waals surface area contributed by atoms with Crippen molar-refractivity contribution >= 4 is 17.8 Å². The van der Waals surface area contributed by atoms with E-state index in [4.69, 9.17) is 5.11 Å². The number of amides is 2. The summed E-state index contributed by atoms with van der Waals surface area (Å²) in [5, 5.41) is 11.3. The molecule has 1 unspecified atom stereocenters. The van der Waals surface area contributed by atoms with E-state index in [9.17, 15) is 14.4 Å². The first-order valence-electron chi connectivity index (χ1n) is 7.39. The zero-order valence-electron chi connectivity index (χ0n) is 11.6. The smallest absolute Gasteiger partial charge is 0.303 e. The van der Waals surface area contributed by atoms with Crippen molar-refractivity contribution in [1.82, 2.24) is 10.2 Å². The lowest BCUT2D eigenvalue weighted by Gasteiger charge is -2.24. The minimum Gasteiger partial charge on any atom is -0.481 e. The van der Waals surface area contributed by atoms with Gasteiger partial charge in [0.2, 0.25) is 11.8 Å². The lowest BCUT2D eigenvalue weighted by Crippen LogP contribution is -2.46. The molecule has 2 N–H and O–H groups in total. The fourth-order valence-corrected chi connectivity index (χ4v) is 2.60. The first-order chi connectivity index (χ1) is 9.59. The molecule has 112 valence electrons. The van der Waals surface area contributed by atoms with Crippen LogP contribution in [0, 0.1) is 5.92 Å². The molecule has 1 saturated heterocycles. The molecule has 6 heteroatoms. The van der Waals surface area contributed by atoms with Gasteiger partial charge < -0.3 is 15.3 Å². The maximum absolute atomic E-state index is 12.1. The quantitative estimate of drug-likeness (QED) is 0.675. The highest BCUT2D eigenvalue weighted by Gasteiger charge is 2.40. The van der Waals surface area contributed by atoms with Crippen LogP contribution in [0.25, 0.3) is 0 Å². The molecular weight excluding hydrogens is 260 g/mol. The second-order valence-corrected chi connectivity index (χ2v) is 5.61. The number of aliphatic carboxylic acids is 1. The molecule has 2 fully saturated rings. The first-order valence-corrected chi connectivity index (χ1v) is 7.39. The van der Waals surface area contributed by atoms with Crippen LogP contribution < -0.4 is 5.32 Å². The number of likely N-dealkylation sites (tertiary alicyclic amines) is 1. The van der Waals surface area contributed by atoms with E-state index in [0.717, 1.165) is 25.7 Å². The summed E-state index contributed by atoms with van der Waals surface area (Å²) in [6.07, 6.45) is 4.88. The van der Waals surface area contributed by atoms with Crippen LogP contribution in [0.2, 0.25) is 0 Å². The van der Waals surface area contributed by atoms with E-state index in [1.54, 1.807) is 4.90 Å². The third kappa shape index (κ3) is 3.95. The third-order valence-electron chi connectivity index (χ3n) is 3.88. The van der Waals surface area contributed by atoms with Crippen LogP contribution in [-0.2, 0) is 14.4 Å². The summed E-state index contributed by atoms with van der Waals surface area (Å²) < 4.78 is 0. The molecule has 0 aromatic carbocycles. The van der Waals surface area contributed by atoms with Gasteiger partial charge in [-0.3, -0.25) is 14.4 Å². The van der Waals surface area contributed by atoms with E-state index < -0.39 is 5.97 Å². The lowest BCUT2D eigenvalue weighted by atomic mass is 10.2. The molecule has 0 aromatic heterocycles. The third-order valence-corrected chi connectivity index (χ3v) is 3.88. The van der Waals surface area contributed by atoms with E-state index >= 15 is 0 Å². The predicted octanol–water partition coefficient (Wildman–Crippen LogP) is 0.758. The van der Waals surface area contributed by atoms with E-state index in [1.165, 1.54) is 0 Å². The van der Waals surface area contributed by atoms with Gasteiger partial charge in [-0.25, -0.2) is 0 Å². The highest BCUT2D eigenvalue weighted by Crippen LogP contribution is 2.33. The van der Waals surface area contributed by atoms with E-state index in [-0.39, 0.29) is 30.2 Å². The molecule has 1 heterocycles. The van der Waals surface area contributed by atoms with Gasteiger partial charge in [0.15, 0.2) is 0 Å². The second-order valence-electron chi connectivity index (χ2n) is 5.61. The Morgan fingerprint density at radius 3 is 2.55 bits per heavy atom. The van der Waals surface area contributed by atoms with Crippen molar-refractivity contribution < 1.29 is 19.5 Å². The Balaban J connectivity index is 1.70. The molecule has 2 amide bonds. The molecule has 0 aromatic rings. The Kier molecular flexibility index (Phi) is 4.98. The molecule has 20 heavy (non-hydrogen) atoms. The van der Waals surface area contributed by atoms with Crippen LogP contribution in [0.15, 0.2) is 0 Å². The number of hydrogen-bond donors (Lipinski definition) is 2. The number of rotatable bonds is 7. The maximum Gasteiger partial charge on any atom is 0.303 e. The summed E-state index contributed by atoms with van der Waals surface area (Å²) in [6.45, 7) is 1.17. The average Bonchev–Trinajstić information content (AvgIpc) is 3.14. The molecule has 1 atom stereocenters. The van der Waals surface area contributed by atoms with Crippen molar-refractivity contribution in [2.45, 2.75) is 51.0 Å². The molecule has 1 saturated carbocycles. The van der Waals surface area contributed by atoms with Crippen LogP contribution in [0.5, 0.6) is 0 Å². The van der Waals surface area contributed by atoms with Gasteiger partial charge in [0.1, 0.15) is 6.04 Å². The molecule has 2 aliphatic rings. The number of carbonyl (C=O) groups excluding carboxylic acids is 2. The molecular formula is C14H22N2O4. The van der Waals surface area contributed by atoms with E-state index in [1.807, 2.05) is 0 Å². The van der Waals surface area contributed by atoms with Crippen molar-refractivity contribution in [2.24, 2.45) is 5.92 Å². The summed E-state index contributed by atoms with van der Waals surface area (Å²) in [5.41, 5.74) is 0. The monoisotopic (exact) mass is 282 g/mol. The summed E-state index contributed by atoms with van der Waals surface area (Å²) in [7, 11) is 0. The van der Waals surface area contributed by atoms with Crippen molar-refractivity contribution in [3.63, 3.8) is 0 Å². The Morgan fingerprint density at radius 1 is 1.15 bits per heavy atom. The number of carboxylic acids is 1. The molecule has 1 aliphatic heterocycles. The number of nitrogens with one attached hydrogen (secondary N) is 1. The van der Waals surface area contributed by atoms with Gasteiger partial charge in [-0.15, -0.1) is 0 Å². The number of carbonyl (C=O) groups is 3. The van der Waals surface area contributed by atoms with Gasteiger partial charge in [0.05, 0.1) is 0 Å². The maximum atomic E-state index is 12.1. The molecule has 6 nitrogen and oxygen atoms in total. The number of carboxylic acid groups (broad SMARTS) is 1. The highest BCUT2D eigenvalue weighted by atomic mass is 16.4. The number of unbranched alkanes of at least 4 members (excludes halogenated alkanes) is 1. The van der Waals surface area contributed by atoms with Crippen LogP contribution in [0.3, 0.4) is 0 Å². The van der Waals surface area contributed by atoms with Crippen LogP contribution >= 0.6 is 0 Å². The van der Waals surface area contributed by atoms with Crippen LogP contribution in [0.1, 0.15) is 44.9 Å². The molecule has 1 aliphatic carbocycles. The van der Waals surface area contributed by atoms with Crippen molar-refractivity contribution in [2.75, 3.05) is 13.1 Å². The SMILES string of the molecule is O=C(O)CCCCNC(=O)C1CCCN1C(=O)C1CC1. The van der Waals surface area contributed by atoms with E-state index in [0.29, 0.717) is 25.9 Å². The Hall–Kier alpha value is -1.59. The van der Waals surface area contributed by atoms with Crippen LogP contribution in [0.4, 0.5) is 0 Å². The number of nitrogens with zero attached hydrogens (tertiary/aromatic N) is 1. The minimum absolute atomic E-state index is 0.0909. The fraction of sp³-hybridized carbons (Fsp3) is 0.786. The summed E-state index contributed by atoms with van der Waals surface area (Å²) in [5.74, 6) is -0.618. The topological polar surface area (TPSA) is 86.7 Å². The lowest BCUT2D eigenvalue weighted by molar-refractivity contribution is -0.139. The molecule has 0 spiro atoms. The van der Waals surface area contributed by atoms with Gasteiger partial charge in [0, 0.05) is 25.4 Å². The minimum atomic E-state index is -0.812. The summed E-state index contributed by atoms with van der Waals surface area (Å²) in [6, 6.07) is -0.317. The summed E-state index contributed by atoms with van der Waals surface area (Å²) in [4.78, 5) is 36.2. The Labute approximate surface area is 118 Å². The fourth-order valence-electron chi connectivity index (χ4n) is 2.60. The second kappa shape index (κ2) is 6.72. The van der Waals surface area contributed by atoms with Gasteiger partial charge in [-0.05, 0) is 38.5 Å². The highest BCUT2D eigenvalue weighted by molar-refractivity contribution is 5.89. The predicted molar refractivity (Wildman–Crippen MR) is 72.0 cm³/mol. The van der Waals surface area contributed by atoms with E-state index in [2.05, 4.69) is 5.32 Å². The van der Waals surface area contributed by atoms with Crippen molar-refractivity contribution in [3.05, 3.63) is 0 Å².